The van der Waals surface area contributed by atoms with Crippen LogP contribution in [0.5, 0.6) is 0 Å². The highest BCUT2D eigenvalue weighted by Gasteiger charge is 2.40. The highest BCUT2D eigenvalue weighted by atomic mass is 19.2. The fourth-order valence-corrected chi connectivity index (χ4v) is 2.46. The number of ether oxygens (including phenoxy) is 1. The third-order valence-corrected chi connectivity index (χ3v) is 3.81. The van der Waals surface area contributed by atoms with Crippen LogP contribution in [-0.4, -0.2) is 19.3 Å². The van der Waals surface area contributed by atoms with Gasteiger partial charge in [-0.3, -0.25) is 0 Å². The summed E-state index contributed by atoms with van der Waals surface area (Å²) in [5, 5.41) is 0. The first-order valence-electron chi connectivity index (χ1n) is 5.83. The Bertz CT molecular complexity index is 410. The van der Waals surface area contributed by atoms with E-state index in [1.54, 1.807) is 6.07 Å². The molecule has 94 valence electrons. The molecule has 0 aromatic heterocycles. The molecule has 0 aliphatic carbocycles. The first-order valence-corrected chi connectivity index (χ1v) is 5.83. The first-order chi connectivity index (χ1) is 8.09. The monoisotopic (exact) mass is 241 g/mol. The summed E-state index contributed by atoms with van der Waals surface area (Å²) in [5.41, 5.74) is 5.91. The van der Waals surface area contributed by atoms with Gasteiger partial charge in [-0.2, -0.15) is 0 Å². The van der Waals surface area contributed by atoms with Gasteiger partial charge in [0.25, 0.3) is 0 Å². The fourth-order valence-electron chi connectivity index (χ4n) is 2.46. The second kappa shape index (κ2) is 4.70. The van der Waals surface area contributed by atoms with Crippen molar-refractivity contribution in [3.63, 3.8) is 0 Å². The molecule has 1 fully saturated rings. The molecule has 2 N–H and O–H groups in total. The van der Waals surface area contributed by atoms with E-state index in [1.807, 2.05) is 6.92 Å². The maximum atomic E-state index is 13.6. The van der Waals surface area contributed by atoms with Gasteiger partial charge >= 0.3 is 0 Å². The van der Waals surface area contributed by atoms with Crippen molar-refractivity contribution < 1.29 is 13.5 Å². The van der Waals surface area contributed by atoms with Crippen molar-refractivity contribution in [1.29, 1.82) is 0 Å². The quantitative estimate of drug-likeness (QED) is 0.881. The molecule has 1 heterocycles. The van der Waals surface area contributed by atoms with Crippen LogP contribution >= 0.6 is 0 Å². The number of benzene rings is 1. The highest BCUT2D eigenvalue weighted by molar-refractivity contribution is 5.21. The van der Waals surface area contributed by atoms with Gasteiger partial charge < -0.3 is 10.5 Å². The minimum atomic E-state index is -0.804. The number of nitrogens with two attached hydrogens (primary N) is 1. The topological polar surface area (TPSA) is 35.2 Å². The molecule has 4 heteroatoms. The molecule has 2 nitrogen and oxygen atoms in total. The van der Waals surface area contributed by atoms with E-state index in [0.29, 0.717) is 25.1 Å². The normalized spacial score (nSPS) is 28.6. The lowest BCUT2D eigenvalue weighted by molar-refractivity contribution is 0.0669. The van der Waals surface area contributed by atoms with Crippen molar-refractivity contribution in [2.75, 3.05) is 13.2 Å². The Morgan fingerprint density at radius 2 is 2.24 bits per heavy atom. The average Bonchev–Trinajstić information content (AvgIpc) is 2.67. The van der Waals surface area contributed by atoms with Crippen LogP contribution in [-0.2, 0) is 11.2 Å². The fraction of sp³-hybridized carbons (Fsp3) is 0.538. The lowest BCUT2D eigenvalue weighted by Crippen LogP contribution is -2.39. The number of halogens is 2. The zero-order chi connectivity index (χ0) is 12.5. The van der Waals surface area contributed by atoms with Crippen molar-refractivity contribution in [2.45, 2.75) is 25.9 Å². The standard InChI is InChI=1S/C13H17F2NO/c1-9-13(8-16,5-6-17-9)7-10-3-2-4-11(14)12(10)15/h2-4,9H,5-8,16H2,1H3. The molecule has 2 rings (SSSR count). The van der Waals surface area contributed by atoms with E-state index >= 15 is 0 Å². The second-order valence-electron chi connectivity index (χ2n) is 4.72. The predicted octanol–water partition coefficient (Wildman–Crippen LogP) is 2.26. The van der Waals surface area contributed by atoms with E-state index in [2.05, 4.69) is 0 Å². The summed E-state index contributed by atoms with van der Waals surface area (Å²) >= 11 is 0. The molecule has 17 heavy (non-hydrogen) atoms. The summed E-state index contributed by atoms with van der Waals surface area (Å²) in [4.78, 5) is 0. The molecule has 0 saturated carbocycles. The van der Waals surface area contributed by atoms with Crippen molar-refractivity contribution in [1.82, 2.24) is 0 Å². The summed E-state index contributed by atoms with van der Waals surface area (Å²) in [5.74, 6) is -1.57. The van der Waals surface area contributed by atoms with Crippen molar-refractivity contribution in [3.05, 3.63) is 35.4 Å². The predicted molar refractivity (Wildman–Crippen MR) is 61.6 cm³/mol. The van der Waals surface area contributed by atoms with Gasteiger partial charge in [0.1, 0.15) is 0 Å². The van der Waals surface area contributed by atoms with Gasteiger partial charge in [0.05, 0.1) is 6.10 Å². The summed E-state index contributed by atoms with van der Waals surface area (Å²) in [6.07, 6.45) is 1.20. The van der Waals surface area contributed by atoms with Crippen molar-refractivity contribution in [3.8, 4) is 0 Å². The summed E-state index contributed by atoms with van der Waals surface area (Å²) < 4.78 is 32.3. The molecule has 0 spiro atoms. The smallest absolute Gasteiger partial charge is 0.162 e. The first kappa shape index (κ1) is 12.5. The van der Waals surface area contributed by atoms with Crippen molar-refractivity contribution in [2.24, 2.45) is 11.1 Å². The van der Waals surface area contributed by atoms with Crippen LogP contribution in [0.4, 0.5) is 8.78 Å². The average molecular weight is 241 g/mol. The van der Waals surface area contributed by atoms with Gasteiger partial charge in [-0.25, -0.2) is 8.78 Å². The molecule has 2 atom stereocenters. The summed E-state index contributed by atoms with van der Waals surface area (Å²) in [6, 6.07) is 4.27. The Hall–Kier alpha value is -1.00. The molecule has 1 aromatic carbocycles. The summed E-state index contributed by atoms with van der Waals surface area (Å²) in [7, 11) is 0. The van der Waals surface area contributed by atoms with Gasteiger partial charge in [0, 0.05) is 18.6 Å². The molecule has 1 aliphatic rings. The van der Waals surface area contributed by atoms with E-state index in [1.165, 1.54) is 6.07 Å². The molecule has 0 bridgehead atoms. The lowest BCUT2D eigenvalue weighted by Gasteiger charge is -2.31. The Labute approximate surface area is 99.8 Å². The van der Waals surface area contributed by atoms with E-state index in [0.717, 1.165) is 12.5 Å². The van der Waals surface area contributed by atoms with E-state index < -0.39 is 11.6 Å². The zero-order valence-corrected chi connectivity index (χ0v) is 9.88. The minimum Gasteiger partial charge on any atom is -0.378 e. The molecular formula is C13H17F2NO. The van der Waals surface area contributed by atoms with Crippen LogP contribution in [0.15, 0.2) is 18.2 Å². The summed E-state index contributed by atoms with van der Waals surface area (Å²) in [6.45, 7) is 3.00. The van der Waals surface area contributed by atoms with E-state index in [-0.39, 0.29) is 11.5 Å². The minimum absolute atomic E-state index is 0.0184. The molecule has 0 amide bonds. The van der Waals surface area contributed by atoms with Crippen LogP contribution in [0.25, 0.3) is 0 Å². The molecule has 1 aliphatic heterocycles. The van der Waals surface area contributed by atoms with Gasteiger partial charge in [-0.1, -0.05) is 12.1 Å². The second-order valence-corrected chi connectivity index (χ2v) is 4.72. The molecular weight excluding hydrogens is 224 g/mol. The molecule has 1 saturated heterocycles. The maximum absolute atomic E-state index is 13.6. The maximum Gasteiger partial charge on any atom is 0.162 e. The third-order valence-electron chi connectivity index (χ3n) is 3.81. The van der Waals surface area contributed by atoms with Crippen LogP contribution in [0.1, 0.15) is 18.9 Å². The largest absolute Gasteiger partial charge is 0.378 e. The van der Waals surface area contributed by atoms with Crippen LogP contribution in [0, 0.1) is 17.0 Å². The lowest BCUT2D eigenvalue weighted by atomic mass is 9.76. The van der Waals surface area contributed by atoms with Crippen LogP contribution in [0.2, 0.25) is 0 Å². The van der Waals surface area contributed by atoms with E-state index in [4.69, 9.17) is 10.5 Å². The van der Waals surface area contributed by atoms with Gasteiger partial charge in [0.2, 0.25) is 0 Å². The van der Waals surface area contributed by atoms with Crippen molar-refractivity contribution >= 4 is 0 Å². The SMILES string of the molecule is CC1OCCC1(CN)Cc1cccc(F)c1F. The number of hydrogen-bond donors (Lipinski definition) is 1. The number of hydrogen-bond acceptors (Lipinski definition) is 2. The van der Waals surface area contributed by atoms with Gasteiger partial charge in [-0.05, 0) is 31.4 Å². The zero-order valence-electron chi connectivity index (χ0n) is 9.88. The van der Waals surface area contributed by atoms with E-state index in [9.17, 15) is 8.78 Å². The van der Waals surface area contributed by atoms with Crippen LogP contribution in [0.3, 0.4) is 0 Å². The number of rotatable bonds is 3. The molecule has 1 aromatic rings. The molecule has 2 unspecified atom stereocenters. The van der Waals surface area contributed by atoms with Gasteiger partial charge in [-0.15, -0.1) is 0 Å². The Morgan fingerprint density at radius 1 is 1.47 bits per heavy atom. The Morgan fingerprint density at radius 3 is 2.82 bits per heavy atom. The third kappa shape index (κ3) is 2.19. The molecule has 0 radical (unpaired) electrons. The Balaban J connectivity index is 2.27. The van der Waals surface area contributed by atoms with Crippen LogP contribution < -0.4 is 5.73 Å². The highest BCUT2D eigenvalue weighted by Crippen LogP contribution is 2.37. The van der Waals surface area contributed by atoms with Gasteiger partial charge in [0.15, 0.2) is 11.6 Å². The Kier molecular flexibility index (Phi) is 3.45.